The van der Waals surface area contributed by atoms with Crippen molar-refractivity contribution in [3.8, 4) is 0 Å². The molecule has 0 aromatic carbocycles. The van der Waals surface area contributed by atoms with Gasteiger partial charge in [0.25, 0.3) is 0 Å². The van der Waals surface area contributed by atoms with Crippen molar-refractivity contribution >= 4 is 22.8 Å². The quantitative estimate of drug-likeness (QED) is 0.758. The van der Waals surface area contributed by atoms with Gasteiger partial charge < -0.3 is 4.90 Å². The molecular formula is C11H11N3OS. The van der Waals surface area contributed by atoms with E-state index < -0.39 is 0 Å². The lowest BCUT2D eigenvalue weighted by Gasteiger charge is -2.14. The number of hydrogen-bond acceptors (Lipinski definition) is 5. The van der Waals surface area contributed by atoms with Crippen molar-refractivity contribution in [3.63, 3.8) is 0 Å². The van der Waals surface area contributed by atoms with Gasteiger partial charge in [0.15, 0.2) is 11.4 Å². The first-order valence-electron chi connectivity index (χ1n) is 4.80. The molecule has 0 aliphatic rings. The van der Waals surface area contributed by atoms with E-state index in [4.69, 9.17) is 0 Å². The van der Waals surface area contributed by atoms with Gasteiger partial charge in [-0.2, -0.15) is 0 Å². The molecule has 0 radical (unpaired) electrons. The second-order valence-corrected chi connectivity index (χ2v) is 4.42. The third kappa shape index (κ3) is 2.43. The van der Waals surface area contributed by atoms with E-state index >= 15 is 0 Å². The van der Waals surface area contributed by atoms with Crippen molar-refractivity contribution in [2.45, 2.75) is 6.54 Å². The lowest BCUT2D eigenvalue weighted by Crippen LogP contribution is -2.15. The molecule has 82 valence electrons. The molecule has 2 aromatic rings. The summed E-state index contributed by atoms with van der Waals surface area (Å²) in [4.78, 5) is 21.4. The fourth-order valence-corrected chi connectivity index (χ4v) is 2.03. The number of carbonyl (C=O) groups excluding carboxylic acids is 1. The van der Waals surface area contributed by atoms with Crippen LogP contribution in [0.4, 0.5) is 5.13 Å². The predicted octanol–water partition coefficient (Wildman–Crippen LogP) is 1.99. The van der Waals surface area contributed by atoms with Crippen LogP contribution in [-0.2, 0) is 6.54 Å². The smallest absolute Gasteiger partial charge is 0.185 e. The molecule has 0 aliphatic carbocycles. The number of hydrogen-bond donors (Lipinski definition) is 0. The summed E-state index contributed by atoms with van der Waals surface area (Å²) in [6.45, 7) is 0.736. The third-order valence-corrected chi connectivity index (χ3v) is 3.13. The van der Waals surface area contributed by atoms with Crippen molar-refractivity contribution in [3.05, 3.63) is 41.2 Å². The Morgan fingerprint density at radius 2 is 2.38 bits per heavy atom. The van der Waals surface area contributed by atoms with Crippen LogP contribution < -0.4 is 4.90 Å². The molecule has 2 rings (SSSR count). The average molecular weight is 233 g/mol. The Bertz CT molecular complexity index is 469. The number of carbonyl (C=O) groups is 1. The highest BCUT2D eigenvalue weighted by atomic mass is 32.1. The van der Waals surface area contributed by atoms with Crippen molar-refractivity contribution < 1.29 is 4.79 Å². The van der Waals surface area contributed by atoms with Crippen LogP contribution in [0, 0.1) is 0 Å². The predicted molar refractivity (Wildman–Crippen MR) is 63.8 cm³/mol. The molecule has 2 heterocycles. The highest BCUT2D eigenvalue weighted by Crippen LogP contribution is 2.21. The van der Waals surface area contributed by atoms with E-state index in [0.29, 0.717) is 4.88 Å². The van der Waals surface area contributed by atoms with E-state index in [1.54, 1.807) is 12.4 Å². The van der Waals surface area contributed by atoms with E-state index in [9.17, 15) is 4.79 Å². The molecule has 0 spiro atoms. The van der Waals surface area contributed by atoms with Crippen LogP contribution in [0.15, 0.2) is 30.7 Å². The van der Waals surface area contributed by atoms with E-state index in [-0.39, 0.29) is 0 Å². The van der Waals surface area contributed by atoms with Crippen LogP contribution in [0.5, 0.6) is 0 Å². The highest BCUT2D eigenvalue weighted by molar-refractivity contribution is 7.17. The first-order valence-corrected chi connectivity index (χ1v) is 5.62. The number of pyridine rings is 1. The van der Waals surface area contributed by atoms with Crippen LogP contribution in [0.2, 0.25) is 0 Å². The topological polar surface area (TPSA) is 46.1 Å². The number of thiazole rings is 1. The number of nitrogens with zero attached hydrogens (tertiary/aromatic N) is 3. The summed E-state index contributed by atoms with van der Waals surface area (Å²) in [7, 11) is 1.94. The van der Waals surface area contributed by atoms with Gasteiger partial charge >= 0.3 is 0 Å². The monoisotopic (exact) mass is 233 g/mol. The van der Waals surface area contributed by atoms with Gasteiger partial charge in [0.1, 0.15) is 0 Å². The normalized spacial score (nSPS) is 10.1. The first-order chi connectivity index (χ1) is 7.79. The zero-order chi connectivity index (χ0) is 11.4. The van der Waals surface area contributed by atoms with Crippen LogP contribution in [0.25, 0.3) is 0 Å². The van der Waals surface area contributed by atoms with Gasteiger partial charge in [0, 0.05) is 26.0 Å². The lowest BCUT2D eigenvalue weighted by atomic mass is 10.3. The molecular weight excluding hydrogens is 222 g/mol. The SMILES string of the molecule is CN(Cc1cccnc1)c1ncc(C=O)s1. The maximum atomic E-state index is 10.5. The Balaban J connectivity index is 2.08. The Morgan fingerprint density at radius 3 is 3.00 bits per heavy atom. The molecule has 0 amide bonds. The molecule has 0 fully saturated rings. The average Bonchev–Trinajstić information content (AvgIpc) is 2.79. The van der Waals surface area contributed by atoms with Crippen LogP contribution >= 0.6 is 11.3 Å². The second kappa shape index (κ2) is 4.85. The largest absolute Gasteiger partial charge is 0.347 e. The number of aldehydes is 1. The van der Waals surface area contributed by atoms with Gasteiger partial charge in [-0.25, -0.2) is 4.98 Å². The van der Waals surface area contributed by atoms with E-state index in [2.05, 4.69) is 9.97 Å². The van der Waals surface area contributed by atoms with Crippen molar-refractivity contribution in [2.24, 2.45) is 0 Å². The van der Waals surface area contributed by atoms with Gasteiger partial charge in [-0.1, -0.05) is 17.4 Å². The van der Waals surface area contributed by atoms with Crippen LogP contribution in [-0.4, -0.2) is 23.3 Å². The fourth-order valence-electron chi connectivity index (χ4n) is 1.34. The summed E-state index contributed by atoms with van der Waals surface area (Å²) in [5.74, 6) is 0. The van der Waals surface area contributed by atoms with Crippen LogP contribution in [0.1, 0.15) is 15.2 Å². The summed E-state index contributed by atoms with van der Waals surface area (Å²) in [5.41, 5.74) is 1.12. The van der Waals surface area contributed by atoms with Gasteiger partial charge in [0.05, 0.1) is 11.1 Å². The summed E-state index contributed by atoms with van der Waals surface area (Å²) >= 11 is 1.39. The van der Waals surface area contributed by atoms with E-state index in [1.165, 1.54) is 11.3 Å². The van der Waals surface area contributed by atoms with E-state index in [0.717, 1.165) is 23.5 Å². The standard InChI is InChI=1S/C11H11N3OS/c1-14(7-9-3-2-4-12-5-9)11-13-6-10(8-15)16-11/h2-6,8H,7H2,1H3. The zero-order valence-electron chi connectivity index (χ0n) is 8.83. The van der Waals surface area contributed by atoms with Gasteiger partial charge in [-0.15, -0.1) is 0 Å². The molecule has 0 saturated carbocycles. The van der Waals surface area contributed by atoms with Crippen molar-refractivity contribution in [1.82, 2.24) is 9.97 Å². The summed E-state index contributed by atoms with van der Waals surface area (Å²) in [6.07, 6.45) is 5.98. The molecule has 0 N–H and O–H groups in total. The number of rotatable bonds is 4. The van der Waals surface area contributed by atoms with Gasteiger partial charge in [0.2, 0.25) is 0 Å². The number of anilines is 1. The first kappa shape index (κ1) is 10.8. The molecule has 16 heavy (non-hydrogen) atoms. The van der Waals surface area contributed by atoms with Gasteiger partial charge in [-0.3, -0.25) is 9.78 Å². The molecule has 2 aromatic heterocycles. The van der Waals surface area contributed by atoms with Crippen molar-refractivity contribution in [1.29, 1.82) is 0 Å². The second-order valence-electron chi connectivity index (χ2n) is 3.38. The molecule has 0 saturated heterocycles. The van der Waals surface area contributed by atoms with Gasteiger partial charge in [-0.05, 0) is 11.6 Å². The molecule has 0 aliphatic heterocycles. The zero-order valence-corrected chi connectivity index (χ0v) is 9.65. The molecule has 0 bridgehead atoms. The molecule has 0 atom stereocenters. The fraction of sp³-hybridized carbons (Fsp3) is 0.182. The van der Waals surface area contributed by atoms with Crippen molar-refractivity contribution in [2.75, 3.05) is 11.9 Å². The Morgan fingerprint density at radius 1 is 1.50 bits per heavy atom. The molecule has 0 unspecified atom stereocenters. The summed E-state index contributed by atoms with van der Waals surface area (Å²) in [6, 6.07) is 3.92. The highest BCUT2D eigenvalue weighted by Gasteiger charge is 2.06. The van der Waals surface area contributed by atoms with Crippen LogP contribution in [0.3, 0.4) is 0 Å². The maximum Gasteiger partial charge on any atom is 0.185 e. The maximum absolute atomic E-state index is 10.5. The van der Waals surface area contributed by atoms with E-state index in [1.807, 2.05) is 30.3 Å². The molecule has 4 nitrogen and oxygen atoms in total. The minimum absolute atomic E-state index is 0.646. The summed E-state index contributed by atoms with van der Waals surface area (Å²) in [5, 5.41) is 0.839. The third-order valence-electron chi connectivity index (χ3n) is 2.10. The minimum Gasteiger partial charge on any atom is -0.347 e. The Labute approximate surface area is 97.6 Å². The minimum atomic E-state index is 0.646. The Kier molecular flexibility index (Phi) is 3.26. The lowest BCUT2D eigenvalue weighted by molar-refractivity contribution is 0.112. The number of aromatic nitrogens is 2. The molecule has 5 heteroatoms. The Hall–Kier alpha value is -1.75. The summed E-state index contributed by atoms with van der Waals surface area (Å²) < 4.78 is 0.